The predicted octanol–water partition coefficient (Wildman–Crippen LogP) is 2.40. The molecule has 138 valence electrons. The summed E-state index contributed by atoms with van der Waals surface area (Å²) in [5.74, 6) is 0.0352. The van der Waals surface area contributed by atoms with E-state index in [9.17, 15) is 4.79 Å². The molecule has 26 heavy (non-hydrogen) atoms. The van der Waals surface area contributed by atoms with Crippen LogP contribution in [-0.2, 0) is 34.0 Å². The van der Waals surface area contributed by atoms with E-state index in [4.69, 9.17) is 9.47 Å². The maximum Gasteiger partial charge on any atom is 0.221 e. The van der Waals surface area contributed by atoms with Gasteiger partial charge in [0.1, 0.15) is 0 Å². The van der Waals surface area contributed by atoms with Crippen molar-refractivity contribution in [1.82, 2.24) is 10.6 Å². The molecule has 1 aliphatic heterocycles. The van der Waals surface area contributed by atoms with Crippen molar-refractivity contribution in [3.63, 3.8) is 0 Å². The van der Waals surface area contributed by atoms with E-state index < -0.39 is 0 Å². The molecule has 5 heteroatoms. The highest BCUT2D eigenvalue weighted by molar-refractivity contribution is 5.76. The fourth-order valence-corrected chi connectivity index (χ4v) is 2.96. The summed E-state index contributed by atoms with van der Waals surface area (Å²) in [6.07, 6.45) is 0.437. The molecule has 1 atom stereocenters. The van der Waals surface area contributed by atoms with E-state index in [-0.39, 0.29) is 11.9 Å². The van der Waals surface area contributed by atoms with Gasteiger partial charge in [-0.2, -0.15) is 0 Å². The second-order valence-electron chi connectivity index (χ2n) is 6.45. The summed E-state index contributed by atoms with van der Waals surface area (Å²) >= 11 is 0. The fourth-order valence-electron chi connectivity index (χ4n) is 2.96. The average Bonchev–Trinajstić information content (AvgIpc) is 2.69. The molecule has 0 bridgehead atoms. The first-order valence-corrected chi connectivity index (χ1v) is 9.07. The number of amides is 1. The van der Waals surface area contributed by atoms with Crippen molar-refractivity contribution in [2.45, 2.75) is 32.2 Å². The highest BCUT2D eigenvalue weighted by Gasteiger charge is 2.16. The van der Waals surface area contributed by atoms with Gasteiger partial charge in [-0.15, -0.1) is 0 Å². The van der Waals surface area contributed by atoms with Crippen LogP contribution >= 0.6 is 0 Å². The Labute approximate surface area is 154 Å². The molecule has 1 amide bonds. The van der Waals surface area contributed by atoms with Gasteiger partial charge in [-0.1, -0.05) is 54.6 Å². The minimum atomic E-state index is 0.0352. The first kappa shape index (κ1) is 18.6. The average molecular weight is 354 g/mol. The van der Waals surface area contributed by atoms with Gasteiger partial charge in [-0.05, 0) is 16.7 Å². The number of carbonyl (C=O) groups excluding carboxylic acids is 1. The maximum atomic E-state index is 12.2. The highest BCUT2D eigenvalue weighted by Crippen LogP contribution is 2.12. The van der Waals surface area contributed by atoms with Crippen LogP contribution in [0.15, 0.2) is 54.6 Å². The number of rotatable bonds is 8. The molecular weight excluding hydrogens is 328 g/mol. The molecule has 3 rings (SSSR count). The van der Waals surface area contributed by atoms with Crippen LogP contribution in [0.2, 0.25) is 0 Å². The third-order valence-electron chi connectivity index (χ3n) is 4.39. The van der Waals surface area contributed by atoms with Crippen molar-refractivity contribution in [2.24, 2.45) is 0 Å². The zero-order valence-electron chi connectivity index (χ0n) is 14.9. The van der Waals surface area contributed by atoms with Crippen LogP contribution in [-0.4, -0.2) is 31.7 Å². The molecular formula is C21H26N2O3. The third-order valence-corrected chi connectivity index (χ3v) is 4.39. The Hall–Kier alpha value is -2.21. The number of ether oxygens (including phenoxy) is 2. The van der Waals surface area contributed by atoms with E-state index in [1.807, 2.05) is 42.5 Å². The van der Waals surface area contributed by atoms with E-state index in [2.05, 4.69) is 22.8 Å². The van der Waals surface area contributed by atoms with Gasteiger partial charge in [0.05, 0.1) is 26.4 Å². The van der Waals surface area contributed by atoms with Crippen LogP contribution in [0.4, 0.5) is 0 Å². The molecule has 0 aromatic heterocycles. The highest BCUT2D eigenvalue weighted by atomic mass is 16.5. The van der Waals surface area contributed by atoms with Crippen LogP contribution in [0.5, 0.6) is 0 Å². The lowest BCUT2D eigenvalue weighted by Gasteiger charge is -2.23. The molecule has 0 spiro atoms. The summed E-state index contributed by atoms with van der Waals surface area (Å²) < 4.78 is 11.2. The van der Waals surface area contributed by atoms with Crippen molar-refractivity contribution in [3.05, 3.63) is 71.3 Å². The van der Waals surface area contributed by atoms with E-state index in [0.29, 0.717) is 39.4 Å². The molecule has 2 N–H and O–H groups in total. The largest absolute Gasteiger partial charge is 0.378 e. The van der Waals surface area contributed by atoms with Crippen molar-refractivity contribution in [3.8, 4) is 0 Å². The second-order valence-corrected chi connectivity index (χ2v) is 6.45. The second kappa shape index (κ2) is 10.1. The molecule has 0 radical (unpaired) electrons. The van der Waals surface area contributed by atoms with Gasteiger partial charge in [0.2, 0.25) is 5.91 Å². The number of hydrogen-bond acceptors (Lipinski definition) is 4. The summed E-state index contributed by atoms with van der Waals surface area (Å²) in [5.41, 5.74) is 3.34. The van der Waals surface area contributed by atoms with Crippen molar-refractivity contribution in [1.29, 1.82) is 0 Å². The van der Waals surface area contributed by atoms with Gasteiger partial charge >= 0.3 is 0 Å². The third kappa shape index (κ3) is 5.95. The molecule has 2 aromatic carbocycles. The molecule has 2 aromatic rings. The van der Waals surface area contributed by atoms with Crippen LogP contribution in [0.3, 0.4) is 0 Å². The zero-order valence-corrected chi connectivity index (χ0v) is 14.9. The number of carbonyl (C=O) groups is 1. The predicted molar refractivity (Wildman–Crippen MR) is 100 cm³/mol. The monoisotopic (exact) mass is 354 g/mol. The molecule has 1 saturated heterocycles. The molecule has 1 unspecified atom stereocenters. The van der Waals surface area contributed by atoms with Crippen LogP contribution in [0.25, 0.3) is 0 Å². The van der Waals surface area contributed by atoms with E-state index in [1.165, 1.54) is 0 Å². The van der Waals surface area contributed by atoms with Gasteiger partial charge in [0.25, 0.3) is 0 Å². The van der Waals surface area contributed by atoms with Crippen LogP contribution in [0, 0.1) is 0 Å². The van der Waals surface area contributed by atoms with Crippen molar-refractivity contribution < 1.29 is 14.3 Å². The summed E-state index contributed by atoms with van der Waals surface area (Å²) in [6.45, 7) is 3.73. The summed E-state index contributed by atoms with van der Waals surface area (Å²) in [4.78, 5) is 12.2. The molecule has 1 fully saturated rings. The fraction of sp³-hybridized carbons (Fsp3) is 0.381. The molecule has 5 nitrogen and oxygen atoms in total. The Morgan fingerprint density at radius 1 is 1.08 bits per heavy atom. The lowest BCUT2D eigenvalue weighted by molar-refractivity contribution is -0.122. The molecule has 0 saturated carbocycles. The zero-order chi connectivity index (χ0) is 18.0. The number of morpholine rings is 1. The Morgan fingerprint density at radius 3 is 2.62 bits per heavy atom. The van der Waals surface area contributed by atoms with E-state index in [0.717, 1.165) is 23.2 Å². The molecule has 1 heterocycles. The lowest BCUT2D eigenvalue weighted by Crippen LogP contribution is -2.44. The Morgan fingerprint density at radius 2 is 1.85 bits per heavy atom. The molecule has 1 aliphatic rings. The van der Waals surface area contributed by atoms with E-state index in [1.54, 1.807) is 0 Å². The van der Waals surface area contributed by atoms with Crippen molar-refractivity contribution in [2.75, 3.05) is 19.8 Å². The first-order chi connectivity index (χ1) is 12.8. The Bertz CT molecular complexity index is 685. The quantitative estimate of drug-likeness (QED) is 0.764. The SMILES string of the molecule is O=C(CC1COCCN1)NCc1ccccc1COCc1ccccc1. The van der Waals surface area contributed by atoms with Crippen LogP contribution < -0.4 is 10.6 Å². The topological polar surface area (TPSA) is 59.6 Å². The normalized spacial score (nSPS) is 17.0. The smallest absolute Gasteiger partial charge is 0.221 e. The van der Waals surface area contributed by atoms with Gasteiger partial charge in [0.15, 0.2) is 0 Å². The van der Waals surface area contributed by atoms with Gasteiger partial charge in [-0.3, -0.25) is 4.79 Å². The Kier molecular flexibility index (Phi) is 7.19. The first-order valence-electron chi connectivity index (χ1n) is 9.07. The minimum absolute atomic E-state index is 0.0352. The standard InChI is InChI=1S/C21H26N2O3/c24-21(12-20-16-25-11-10-22-20)23-13-18-8-4-5-9-19(18)15-26-14-17-6-2-1-3-7-17/h1-9,20,22H,10-16H2,(H,23,24). The van der Waals surface area contributed by atoms with Gasteiger partial charge in [0, 0.05) is 25.6 Å². The number of nitrogens with one attached hydrogen (secondary N) is 2. The summed E-state index contributed by atoms with van der Waals surface area (Å²) in [6, 6.07) is 18.3. The van der Waals surface area contributed by atoms with Gasteiger partial charge < -0.3 is 20.1 Å². The summed E-state index contributed by atoms with van der Waals surface area (Å²) in [5, 5.41) is 6.30. The lowest BCUT2D eigenvalue weighted by atomic mass is 10.1. The Balaban J connectivity index is 1.46. The van der Waals surface area contributed by atoms with Crippen molar-refractivity contribution >= 4 is 5.91 Å². The number of hydrogen-bond donors (Lipinski definition) is 2. The van der Waals surface area contributed by atoms with E-state index >= 15 is 0 Å². The van der Waals surface area contributed by atoms with Gasteiger partial charge in [-0.25, -0.2) is 0 Å². The maximum absolute atomic E-state index is 12.2. The molecule has 0 aliphatic carbocycles. The van der Waals surface area contributed by atoms with Crippen LogP contribution in [0.1, 0.15) is 23.1 Å². The number of benzene rings is 2. The summed E-state index contributed by atoms with van der Waals surface area (Å²) in [7, 11) is 0. The minimum Gasteiger partial charge on any atom is -0.378 e.